The van der Waals surface area contributed by atoms with Crippen molar-refractivity contribution in [2.75, 3.05) is 0 Å². The molecule has 0 heterocycles. The highest BCUT2D eigenvalue weighted by Crippen LogP contribution is 2.62. The van der Waals surface area contributed by atoms with Crippen molar-refractivity contribution in [3.8, 4) is 89.0 Å². The second-order valence-electron chi connectivity index (χ2n) is 17.6. The number of fused-ring (bicyclic) bond motifs is 12. The van der Waals surface area contributed by atoms with Crippen LogP contribution in [0, 0.1) is 0 Å². The molecule has 13 rings (SSSR count). The summed E-state index contributed by atoms with van der Waals surface area (Å²) in [5.41, 5.74) is 26.9. The second kappa shape index (κ2) is 10.2. The van der Waals surface area contributed by atoms with E-state index in [-0.39, 0.29) is 10.8 Å². The van der Waals surface area contributed by atoms with Gasteiger partial charge in [-0.15, -0.1) is 0 Å². The van der Waals surface area contributed by atoms with Crippen LogP contribution in [0.15, 0.2) is 158 Å². The third kappa shape index (κ3) is 3.66. The summed E-state index contributed by atoms with van der Waals surface area (Å²) in [7, 11) is 0. The van der Waals surface area contributed by atoms with Crippen LogP contribution in [0.1, 0.15) is 49.9 Å². The van der Waals surface area contributed by atoms with Gasteiger partial charge in [0.25, 0.3) is 0 Å². The van der Waals surface area contributed by atoms with E-state index in [2.05, 4.69) is 185 Å². The predicted molar refractivity (Wildman–Crippen MR) is 236 cm³/mol. The summed E-state index contributed by atoms with van der Waals surface area (Å²) in [6.45, 7) is 9.82. The maximum Gasteiger partial charge on any atom is 0.0159 e. The van der Waals surface area contributed by atoms with E-state index in [0.717, 1.165) is 0 Å². The zero-order valence-electron chi connectivity index (χ0n) is 32.0. The maximum absolute atomic E-state index is 2.60. The van der Waals surface area contributed by atoms with Gasteiger partial charge in [0.2, 0.25) is 0 Å². The fourth-order valence-corrected chi connectivity index (χ4v) is 11.4. The molecular formula is C56H38. The quantitative estimate of drug-likeness (QED) is 0.168. The molecule has 9 aromatic rings. The van der Waals surface area contributed by atoms with Crippen molar-refractivity contribution in [2.24, 2.45) is 0 Å². The molecule has 0 saturated heterocycles. The molecule has 0 spiro atoms. The Morgan fingerprint density at radius 3 is 1.45 bits per heavy atom. The van der Waals surface area contributed by atoms with E-state index in [1.807, 2.05) is 0 Å². The van der Waals surface area contributed by atoms with Crippen LogP contribution in [0.3, 0.4) is 0 Å². The molecule has 0 saturated carbocycles. The van der Waals surface area contributed by atoms with Crippen molar-refractivity contribution in [3.05, 3.63) is 180 Å². The van der Waals surface area contributed by atoms with Crippen molar-refractivity contribution in [1.29, 1.82) is 0 Å². The van der Waals surface area contributed by atoms with Crippen LogP contribution < -0.4 is 0 Å². The van der Waals surface area contributed by atoms with Crippen molar-refractivity contribution in [3.63, 3.8) is 0 Å². The lowest BCUT2D eigenvalue weighted by molar-refractivity contribution is 0.639. The third-order valence-electron chi connectivity index (χ3n) is 14.1. The van der Waals surface area contributed by atoms with E-state index in [1.165, 1.54) is 133 Å². The van der Waals surface area contributed by atoms with Crippen molar-refractivity contribution >= 4 is 21.5 Å². The minimum atomic E-state index is -0.176. The van der Waals surface area contributed by atoms with Crippen LogP contribution in [0.2, 0.25) is 0 Å². The van der Waals surface area contributed by atoms with Gasteiger partial charge >= 0.3 is 0 Å². The summed E-state index contributed by atoms with van der Waals surface area (Å²) in [4.78, 5) is 0. The normalized spacial score (nSPS) is 15.1. The molecule has 0 nitrogen and oxygen atoms in total. The van der Waals surface area contributed by atoms with Gasteiger partial charge in [-0.1, -0.05) is 155 Å². The fraction of sp³-hybridized carbons (Fsp3) is 0.107. The van der Waals surface area contributed by atoms with Crippen molar-refractivity contribution in [1.82, 2.24) is 0 Å². The number of benzene rings is 9. The van der Waals surface area contributed by atoms with Crippen LogP contribution in [-0.2, 0) is 10.8 Å². The van der Waals surface area contributed by atoms with Crippen LogP contribution in [0.5, 0.6) is 0 Å². The standard InChI is InChI=1S/C56H38/c1-55(2)47-25-24-39-42-26-33(31-12-7-5-8-13-31)18-20-35(42)38-22-23-40(54(47)53(38)39)44-28-49-46(30-48(44)55)52-41-17-11-16-37-43-27-34(32-14-9-6-10-15-32)19-21-36(43)45(51(37)41)29-50(52)56(49,3)4/h5-30H,1-4H3. The minimum absolute atomic E-state index is 0.156. The first kappa shape index (κ1) is 30.8. The first-order valence-corrected chi connectivity index (χ1v) is 20.1. The van der Waals surface area contributed by atoms with Crippen LogP contribution in [-0.4, -0.2) is 0 Å². The zero-order valence-corrected chi connectivity index (χ0v) is 32.0. The lowest BCUT2D eigenvalue weighted by Gasteiger charge is -2.36. The Balaban J connectivity index is 1.02. The van der Waals surface area contributed by atoms with Gasteiger partial charge in [0.1, 0.15) is 0 Å². The molecule has 0 bridgehead atoms. The molecule has 4 aliphatic carbocycles. The first-order valence-electron chi connectivity index (χ1n) is 20.1. The second-order valence-corrected chi connectivity index (χ2v) is 17.6. The first-order chi connectivity index (χ1) is 27.3. The molecule has 0 N–H and O–H groups in total. The zero-order chi connectivity index (χ0) is 37.2. The molecule has 0 heteroatoms. The molecule has 0 aromatic heterocycles. The topological polar surface area (TPSA) is 0 Å². The van der Waals surface area contributed by atoms with E-state index in [1.54, 1.807) is 0 Å². The SMILES string of the molecule is CC1(C)c2cc3c(cc2-c2c1cc1c4c(cccc24)-c2cc(-c4ccccc4)ccc2-1)C(C)(C)c1ccc2c4c(ccc-3c14)-c1ccc(-c3ccccc3)cc1-2. The summed E-state index contributed by atoms with van der Waals surface area (Å²) in [5.74, 6) is 0. The van der Waals surface area contributed by atoms with Gasteiger partial charge in [-0.05, 0) is 163 Å². The molecule has 262 valence electrons. The lowest BCUT2D eigenvalue weighted by atomic mass is 9.66. The maximum atomic E-state index is 2.60. The van der Waals surface area contributed by atoms with Gasteiger partial charge in [0, 0.05) is 10.8 Å². The van der Waals surface area contributed by atoms with Gasteiger partial charge in [-0.2, -0.15) is 0 Å². The van der Waals surface area contributed by atoms with E-state index in [0.29, 0.717) is 0 Å². The monoisotopic (exact) mass is 710 g/mol. The predicted octanol–water partition coefficient (Wildman–Crippen LogP) is 15.2. The highest BCUT2D eigenvalue weighted by molar-refractivity contribution is 6.23. The van der Waals surface area contributed by atoms with Crippen LogP contribution in [0.25, 0.3) is 111 Å². The van der Waals surface area contributed by atoms with Crippen molar-refractivity contribution in [2.45, 2.75) is 38.5 Å². The molecule has 0 aliphatic heterocycles. The Morgan fingerprint density at radius 2 is 0.768 bits per heavy atom. The van der Waals surface area contributed by atoms with E-state index in [9.17, 15) is 0 Å². The molecule has 0 atom stereocenters. The molecule has 4 aliphatic rings. The molecular weight excluding hydrogens is 673 g/mol. The van der Waals surface area contributed by atoms with Gasteiger partial charge in [0.15, 0.2) is 0 Å². The lowest BCUT2D eigenvalue weighted by Crippen LogP contribution is -2.24. The number of hydrogen-bond acceptors (Lipinski definition) is 0. The molecule has 0 fully saturated rings. The van der Waals surface area contributed by atoms with Gasteiger partial charge in [-0.3, -0.25) is 0 Å². The van der Waals surface area contributed by atoms with Gasteiger partial charge < -0.3 is 0 Å². The van der Waals surface area contributed by atoms with E-state index in [4.69, 9.17) is 0 Å². The smallest absolute Gasteiger partial charge is 0.0159 e. The average molecular weight is 711 g/mol. The Bertz CT molecular complexity index is 3260. The van der Waals surface area contributed by atoms with Crippen molar-refractivity contribution < 1.29 is 0 Å². The number of hydrogen-bond donors (Lipinski definition) is 0. The third-order valence-corrected chi connectivity index (χ3v) is 14.1. The summed E-state index contributed by atoms with van der Waals surface area (Å²) in [6, 6.07) is 60.2. The Kier molecular flexibility index (Phi) is 5.62. The largest absolute Gasteiger partial charge is 0.0622 e. The van der Waals surface area contributed by atoms with Gasteiger partial charge in [0.05, 0.1) is 0 Å². The fourth-order valence-electron chi connectivity index (χ4n) is 11.4. The van der Waals surface area contributed by atoms with Gasteiger partial charge in [-0.25, -0.2) is 0 Å². The molecule has 56 heavy (non-hydrogen) atoms. The summed E-state index contributed by atoms with van der Waals surface area (Å²) in [6.07, 6.45) is 0. The highest BCUT2D eigenvalue weighted by Gasteiger charge is 2.43. The molecule has 0 radical (unpaired) electrons. The Labute approximate surface area is 327 Å². The molecule has 0 unspecified atom stereocenters. The Morgan fingerprint density at radius 1 is 0.268 bits per heavy atom. The number of rotatable bonds is 2. The highest BCUT2D eigenvalue weighted by atomic mass is 14.5. The van der Waals surface area contributed by atoms with Crippen LogP contribution >= 0.6 is 0 Å². The van der Waals surface area contributed by atoms with E-state index >= 15 is 0 Å². The molecule has 0 amide bonds. The van der Waals surface area contributed by atoms with Crippen LogP contribution in [0.4, 0.5) is 0 Å². The average Bonchev–Trinajstić information content (AvgIpc) is 3.81. The minimum Gasteiger partial charge on any atom is -0.0622 e. The summed E-state index contributed by atoms with van der Waals surface area (Å²) >= 11 is 0. The summed E-state index contributed by atoms with van der Waals surface area (Å²) in [5, 5.41) is 5.63. The molecule has 9 aromatic carbocycles. The van der Waals surface area contributed by atoms with E-state index < -0.39 is 0 Å². The Hall–Kier alpha value is -6.50. The summed E-state index contributed by atoms with van der Waals surface area (Å²) < 4.78 is 0.